The summed E-state index contributed by atoms with van der Waals surface area (Å²) in [6.07, 6.45) is 0.844. The predicted octanol–water partition coefficient (Wildman–Crippen LogP) is 0.466. The van der Waals surface area contributed by atoms with E-state index in [0.717, 1.165) is 17.5 Å². The number of carbonyl (C=O) groups excluding carboxylic acids is 2. The molecule has 1 aromatic carbocycles. The lowest BCUT2D eigenvalue weighted by Crippen LogP contribution is -2.46. The molecule has 2 aromatic heterocycles. The van der Waals surface area contributed by atoms with E-state index < -0.39 is 5.91 Å². The number of hydrogen-bond donors (Lipinski definition) is 1. The second kappa shape index (κ2) is 7.34. The van der Waals surface area contributed by atoms with Gasteiger partial charge in [0.05, 0.1) is 11.4 Å². The van der Waals surface area contributed by atoms with E-state index in [1.54, 1.807) is 35.2 Å². The molecular formula is C20H20N6O3. The highest BCUT2D eigenvalue weighted by Crippen LogP contribution is 2.21. The summed E-state index contributed by atoms with van der Waals surface area (Å²) in [5, 5.41) is 0.763. The number of aromatic nitrogens is 3. The molecule has 0 unspecified atom stereocenters. The summed E-state index contributed by atoms with van der Waals surface area (Å²) in [6.45, 7) is 4.31. The largest absolute Gasteiger partial charge is 0.366 e. The molecule has 1 aliphatic rings. The molecule has 29 heavy (non-hydrogen) atoms. The topological polar surface area (TPSA) is 114 Å². The minimum Gasteiger partial charge on any atom is -0.366 e. The monoisotopic (exact) mass is 392 g/mol. The Balaban J connectivity index is 1.83. The molecular weight excluding hydrogens is 372 g/mol. The van der Waals surface area contributed by atoms with Crippen molar-refractivity contribution in [2.45, 2.75) is 6.92 Å². The zero-order chi connectivity index (χ0) is 20.5. The third-order valence-electron chi connectivity index (χ3n) is 5.09. The van der Waals surface area contributed by atoms with Crippen molar-refractivity contribution in [3.63, 3.8) is 0 Å². The molecule has 4 rings (SSSR count). The van der Waals surface area contributed by atoms with E-state index in [1.807, 2.05) is 11.8 Å². The predicted molar refractivity (Wildman–Crippen MR) is 108 cm³/mol. The van der Waals surface area contributed by atoms with Crippen LogP contribution in [0.2, 0.25) is 0 Å². The summed E-state index contributed by atoms with van der Waals surface area (Å²) in [4.78, 5) is 48.0. The molecule has 0 radical (unpaired) electrons. The molecule has 0 aliphatic carbocycles. The molecule has 9 heteroatoms. The summed E-state index contributed by atoms with van der Waals surface area (Å²) in [7, 11) is 0. The summed E-state index contributed by atoms with van der Waals surface area (Å²) in [6, 6.07) is 9.69. The van der Waals surface area contributed by atoms with Crippen molar-refractivity contribution in [2.24, 2.45) is 5.73 Å². The second-order valence-corrected chi connectivity index (χ2v) is 6.89. The molecule has 2 N–H and O–H groups in total. The molecule has 1 fully saturated rings. The van der Waals surface area contributed by atoms with Crippen LogP contribution in [0, 0.1) is 6.92 Å². The molecule has 148 valence electrons. The highest BCUT2D eigenvalue weighted by Gasteiger charge is 2.20. The maximum Gasteiger partial charge on any atom is 0.256 e. The van der Waals surface area contributed by atoms with E-state index in [-0.39, 0.29) is 5.56 Å². The van der Waals surface area contributed by atoms with Crippen LogP contribution in [0.1, 0.15) is 16.1 Å². The molecule has 1 aliphatic heterocycles. The van der Waals surface area contributed by atoms with Gasteiger partial charge in [0, 0.05) is 43.2 Å². The first-order chi connectivity index (χ1) is 14.0. The smallest absolute Gasteiger partial charge is 0.256 e. The van der Waals surface area contributed by atoms with Gasteiger partial charge in [0.2, 0.25) is 18.3 Å². The molecule has 9 nitrogen and oxygen atoms in total. The Morgan fingerprint density at radius 1 is 1.03 bits per heavy atom. The molecule has 3 heterocycles. The Morgan fingerprint density at radius 3 is 2.34 bits per heavy atom. The number of primary amides is 1. The van der Waals surface area contributed by atoms with E-state index in [2.05, 4.69) is 9.97 Å². The number of fused-ring (bicyclic) bond motifs is 1. The normalized spacial score (nSPS) is 14.2. The van der Waals surface area contributed by atoms with Crippen LogP contribution in [0.15, 0.2) is 41.2 Å². The van der Waals surface area contributed by atoms with Crippen molar-refractivity contribution < 1.29 is 9.59 Å². The average molecular weight is 392 g/mol. The van der Waals surface area contributed by atoms with E-state index in [1.165, 1.54) is 10.6 Å². The number of pyridine rings is 1. The lowest BCUT2D eigenvalue weighted by atomic mass is 10.2. The number of carbonyl (C=O) groups is 2. The number of hydrogen-bond acceptors (Lipinski definition) is 6. The fourth-order valence-electron chi connectivity index (χ4n) is 3.44. The Kier molecular flexibility index (Phi) is 4.71. The Morgan fingerprint density at radius 2 is 1.72 bits per heavy atom. The first-order valence-electron chi connectivity index (χ1n) is 9.23. The van der Waals surface area contributed by atoms with Gasteiger partial charge in [0.15, 0.2) is 5.65 Å². The number of piperazine rings is 1. The van der Waals surface area contributed by atoms with Gasteiger partial charge in [-0.1, -0.05) is 0 Å². The number of nitrogens with two attached hydrogens (primary N) is 1. The number of anilines is 1. The Bertz CT molecular complexity index is 1150. The van der Waals surface area contributed by atoms with Crippen molar-refractivity contribution >= 4 is 29.3 Å². The first kappa shape index (κ1) is 18.6. The third kappa shape index (κ3) is 3.42. The second-order valence-electron chi connectivity index (χ2n) is 6.89. The van der Waals surface area contributed by atoms with Gasteiger partial charge in [-0.3, -0.25) is 19.0 Å². The molecule has 1 saturated heterocycles. The lowest BCUT2D eigenvalue weighted by Gasteiger charge is -2.32. The molecule has 0 spiro atoms. The van der Waals surface area contributed by atoms with Crippen molar-refractivity contribution in [1.29, 1.82) is 0 Å². The molecule has 0 atom stereocenters. The maximum absolute atomic E-state index is 12.7. The van der Waals surface area contributed by atoms with Crippen LogP contribution in [0.3, 0.4) is 0 Å². The van der Waals surface area contributed by atoms with E-state index in [4.69, 9.17) is 5.73 Å². The average Bonchev–Trinajstić information content (AvgIpc) is 2.73. The van der Waals surface area contributed by atoms with Gasteiger partial charge in [-0.2, -0.15) is 4.98 Å². The van der Waals surface area contributed by atoms with Gasteiger partial charge in [-0.15, -0.1) is 0 Å². The number of nitrogens with zero attached hydrogens (tertiary/aromatic N) is 5. The van der Waals surface area contributed by atoms with Crippen molar-refractivity contribution in [1.82, 2.24) is 19.4 Å². The van der Waals surface area contributed by atoms with Gasteiger partial charge in [-0.25, -0.2) is 4.98 Å². The minimum atomic E-state index is -0.531. The first-order valence-corrected chi connectivity index (χ1v) is 9.23. The van der Waals surface area contributed by atoms with Crippen LogP contribution in [-0.4, -0.2) is 57.9 Å². The number of aryl methyl sites for hydroxylation is 1. The number of amides is 2. The lowest BCUT2D eigenvalue weighted by molar-refractivity contribution is -0.118. The minimum absolute atomic E-state index is 0.237. The summed E-state index contributed by atoms with van der Waals surface area (Å²) in [5.74, 6) is -0.00889. The van der Waals surface area contributed by atoms with Crippen LogP contribution < -0.4 is 16.2 Å². The third-order valence-corrected chi connectivity index (χ3v) is 5.09. The fraction of sp³-hybridized carbons (Fsp3) is 0.250. The zero-order valence-corrected chi connectivity index (χ0v) is 15.9. The Hall–Kier alpha value is -3.75. The van der Waals surface area contributed by atoms with Crippen molar-refractivity contribution in [2.75, 3.05) is 31.1 Å². The van der Waals surface area contributed by atoms with Gasteiger partial charge < -0.3 is 15.5 Å². The van der Waals surface area contributed by atoms with Crippen molar-refractivity contribution in [3.8, 4) is 5.69 Å². The molecule has 0 saturated carbocycles. The van der Waals surface area contributed by atoms with Gasteiger partial charge in [-0.05, 0) is 37.3 Å². The highest BCUT2D eigenvalue weighted by molar-refractivity contribution is 5.93. The van der Waals surface area contributed by atoms with Gasteiger partial charge in [0.1, 0.15) is 0 Å². The highest BCUT2D eigenvalue weighted by atomic mass is 16.1. The van der Waals surface area contributed by atoms with Crippen molar-refractivity contribution in [3.05, 3.63) is 58.0 Å². The van der Waals surface area contributed by atoms with E-state index >= 15 is 0 Å². The van der Waals surface area contributed by atoms with E-state index in [0.29, 0.717) is 49.0 Å². The fourth-order valence-corrected chi connectivity index (χ4v) is 3.44. The van der Waals surface area contributed by atoms with Crippen LogP contribution in [0.25, 0.3) is 16.7 Å². The molecule has 0 bridgehead atoms. The number of rotatable bonds is 4. The van der Waals surface area contributed by atoms with Crippen LogP contribution in [-0.2, 0) is 4.79 Å². The van der Waals surface area contributed by atoms with Crippen LogP contribution >= 0.6 is 0 Å². The Labute approximate surface area is 166 Å². The van der Waals surface area contributed by atoms with Crippen LogP contribution in [0.4, 0.5) is 5.95 Å². The van der Waals surface area contributed by atoms with Gasteiger partial charge in [0.25, 0.3) is 5.56 Å². The maximum atomic E-state index is 12.7. The summed E-state index contributed by atoms with van der Waals surface area (Å²) in [5.41, 5.74) is 7.26. The van der Waals surface area contributed by atoms with Gasteiger partial charge >= 0.3 is 0 Å². The summed E-state index contributed by atoms with van der Waals surface area (Å²) >= 11 is 0. The summed E-state index contributed by atoms with van der Waals surface area (Å²) < 4.78 is 1.50. The van der Waals surface area contributed by atoms with Crippen LogP contribution in [0.5, 0.6) is 0 Å². The quantitative estimate of drug-likeness (QED) is 0.646. The SMILES string of the molecule is Cc1nc(N2CCN(C=O)CC2)nc2c1ccc(=O)n2-c1ccc(C(N)=O)cc1. The van der Waals surface area contributed by atoms with E-state index in [9.17, 15) is 14.4 Å². The number of benzene rings is 1. The molecule has 2 amide bonds. The standard InChI is InChI=1S/C20H20N6O3/c1-13-16-6-7-17(28)26(15-4-2-14(3-5-15)18(21)29)19(16)23-20(22-13)25-10-8-24(12-27)9-11-25/h2-7,12H,8-11H2,1H3,(H2,21,29). The molecule has 3 aromatic rings. The zero-order valence-electron chi connectivity index (χ0n) is 15.9.